The van der Waals surface area contributed by atoms with E-state index in [-0.39, 0.29) is 29.4 Å². The number of phenolic OH excluding ortho intramolecular Hbond substituents is 1. The van der Waals surface area contributed by atoms with Crippen molar-refractivity contribution in [2.75, 3.05) is 14.2 Å². The van der Waals surface area contributed by atoms with Gasteiger partial charge in [-0.3, -0.25) is 9.59 Å². The molecule has 0 saturated heterocycles. The minimum atomic E-state index is -0.436. The van der Waals surface area contributed by atoms with Crippen molar-refractivity contribution < 1.29 is 24.2 Å². The first-order valence-corrected chi connectivity index (χ1v) is 7.99. The number of carbonyl (C=O) groups excluding carboxylic acids is 2. The lowest BCUT2D eigenvalue weighted by molar-refractivity contribution is 0.0892. The van der Waals surface area contributed by atoms with Crippen molar-refractivity contribution >= 4 is 11.6 Å². The summed E-state index contributed by atoms with van der Waals surface area (Å²) in [5.74, 6) is 0.317. The van der Waals surface area contributed by atoms with Crippen LogP contribution in [0, 0.1) is 0 Å². The van der Waals surface area contributed by atoms with Crippen LogP contribution >= 0.6 is 0 Å². The molecule has 5 heteroatoms. The third-order valence-corrected chi connectivity index (χ3v) is 3.97. The number of ether oxygens (including phenoxy) is 2. The summed E-state index contributed by atoms with van der Waals surface area (Å²) in [6.45, 7) is 4.01. The van der Waals surface area contributed by atoms with E-state index < -0.39 is 5.78 Å². The first-order valence-electron chi connectivity index (χ1n) is 7.99. The van der Waals surface area contributed by atoms with Crippen LogP contribution in [-0.2, 0) is 0 Å². The molecular weight excluding hydrogens is 320 g/mol. The van der Waals surface area contributed by atoms with Gasteiger partial charge in [-0.1, -0.05) is 26.0 Å². The molecule has 0 bridgehead atoms. The van der Waals surface area contributed by atoms with Gasteiger partial charge in [0.25, 0.3) is 0 Å². The molecule has 1 N–H and O–H groups in total. The Bertz CT molecular complexity index is 767. The number of benzene rings is 2. The molecule has 0 radical (unpaired) electrons. The quantitative estimate of drug-likeness (QED) is 0.608. The molecule has 0 aliphatic carbocycles. The fourth-order valence-corrected chi connectivity index (χ4v) is 2.72. The van der Waals surface area contributed by atoms with Crippen molar-refractivity contribution in [3.8, 4) is 17.2 Å². The molecular formula is C20H22O5. The van der Waals surface area contributed by atoms with E-state index in [1.165, 1.54) is 26.4 Å². The van der Waals surface area contributed by atoms with Crippen LogP contribution in [0.25, 0.3) is 0 Å². The minimum absolute atomic E-state index is 0.133. The van der Waals surface area contributed by atoms with Crippen LogP contribution in [0.3, 0.4) is 0 Å². The zero-order valence-corrected chi connectivity index (χ0v) is 14.8. The van der Waals surface area contributed by atoms with Crippen molar-refractivity contribution in [1.82, 2.24) is 0 Å². The number of carbonyl (C=O) groups is 2. The molecule has 0 aromatic heterocycles. The number of methoxy groups -OCH3 is 2. The van der Waals surface area contributed by atoms with Gasteiger partial charge in [-0.25, -0.2) is 0 Å². The van der Waals surface area contributed by atoms with Crippen LogP contribution in [0.15, 0.2) is 36.4 Å². The summed E-state index contributed by atoms with van der Waals surface area (Å²) in [7, 11) is 3.06. The van der Waals surface area contributed by atoms with Gasteiger partial charge in [-0.15, -0.1) is 0 Å². The third-order valence-electron chi connectivity index (χ3n) is 3.97. The lowest BCUT2D eigenvalue weighted by Crippen LogP contribution is -2.10. The highest BCUT2D eigenvalue weighted by atomic mass is 16.5. The first kappa shape index (κ1) is 18.5. The van der Waals surface area contributed by atoms with Gasteiger partial charge in [0.05, 0.1) is 26.2 Å². The van der Waals surface area contributed by atoms with Crippen molar-refractivity contribution in [1.29, 1.82) is 0 Å². The number of para-hydroxylation sites is 1. The predicted octanol–water partition coefficient (Wildman–Crippen LogP) is 3.99. The van der Waals surface area contributed by atoms with Crippen molar-refractivity contribution in [3.05, 3.63) is 53.1 Å². The van der Waals surface area contributed by atoms with Crippen LogP contribution in [0.4, 0.5) is 0 Å². The Kier molecular flexibility index (Phi) is 5.80. The fraction of sp³-hybridized carbons (Fsp3) is 0.300. The number of aromatic hydroxyl groups is 1. The number of phenols is 1. The summed E-state index contributed by atoms with van der Waals surface area (Å²) in [5, 5.41) is 9.75. The molecule has 5 nitrogen and oxygen atoms in total. The second-order valence-corrected chi connectivity index (χ2v) is 5.99. The van der Waals surface area contributed by atoms with E-state index in [0.29, 0.717) is 17.1 Å². The maximum atomic E-state index is 12.5. The van der Waals surface area contributed by atoms with Crippen LogP contribution in [0.1, 0.15) is 52.5 Å². The third kappa shape index (κ3) is 3.99. The van der Waals surface area contributed by atoms with Crippen LogP contribution < -0.4 is 9.47 Å². The zero-order valence-electron chi connectivity index (χ0n) is 14.8. The first-order chi connectivity index (χ1) is 11.9. The van der Waals surface area contributed by atoms with E-state index >= 15 is 0 Å². The molecule has 0 atom stereocenters. The zero-order chi connectivity index (χ0) is 18.6. The largest absolute Gasteiger partial charge is 0.507 e. The molecule has 2 aromatic carbocycles. The molecule has 2 aromatic rings. The van der Waals surface area contributed by atoms with Gasteiger partial charge in [0.1, 0.15) is 17.2 Å². The molecule has 0 saturated carbocycles. The average molecular weight is 342 g/mol. The summed E-state index contributed by atoms with van der Waals surface area (Å²) in [5.41, 5.74) is 1.34. The van der Waals surface area contributed by atoms with E-state index in [1.807, 2.05) is 13.8 Å². The summed E-state index contributed by atoms with van der Waals surface area (Å²) in [6.07, 6.45) is -0.342. The van der Waals surface area contributed by atoms with Crippen LogP contribution in [0.5, 0.6) is 17.2 Å². The van der Waals surface area contributed by atoms with Crippen molar-refractivity contribution in [2.45, 2.75) is 26.2 Å². The molecule has 0 aliphatic heterocycles. The van der Waals surface area contributed by atoms with Crippen LogP contribution in [-0.4, -0.2) is 30.9 Å². The number of ketones is 2. The molecule has 0 aliphatic rings. The maximum absolute atomic E-state index is 12.5. The lowest BCUT2D eigenvalue weighted by Gasteiger charge is -2.17. The van der Waals surface area contributed by atoms with Gasteiger partial charge in [0, 0.05) is 11.1 Å². The Morgan fingerprint density at radius 3 is 2.04 bits per heavy atom. The topological polar surface area (TPSA) is 72.8 Å². The smallest absolute Gasteiger partial charge is 0.174 e. The molecule has 0 heterocycles. The van der Waals surface area contributed by atoms with Gasteiger partial charge in [-0.2, -0.15) is 0 Å². The Balaban J connectivity index is 2.33. The summed E-state index contributed by atoms with van der Waals surface area (Å²) < 4.78 is 10.8. The molecule has 0 fully saturated rings. The standard InChI is InChI=1S/C20H22O5/c1-12(2)20-18(24-3)9-13(10-19(20)25-4)16(22)11-17(23)14-7-5-6-8-15(14)21/h5-10,12,21H,11H2,1-4H3. The second kappa shape index (κ2) is 7.83. The van der Waals surface area contributed by atoms with Crippen molar-refractivity contribution in [2.24, 2.45) is 0 Å². The highest BCUT2D eigenvalue weighted by molar-refractivity contribution is 6.14. The molecule has 0 unspecified atom stereocenters. The average Bonchev–Trinajstić information content (AvgIpc) is 2.60. The highest BCUT2D eigenvalue weighted by Crippen LogP contribution is 2.36. The predicted molar refractivity (Wildman–Crippen MR) is 95.0 cm³/mol. The number of rotatable bonds is 7. The van der Waals surface area contributed by atoms with Gasteiger partial charge >= 0.3 is 0 Å². The summed E-state index contributed by atoms with van der Waals surface area (Å²) >= 11 is 0. The summed E-state index contributed by atoms with van der Waals surface area (Å²) in [6, 6.07) is 9.42. The van der Waals surface area contributed by atoms with Crippen molar-refractivity contribution in [3.63, 3.8) is 0 Å². The Hall–Kier alpha value is -2.82. The molecule has 25 heavy (non-hydrogen) atoms. The number of hydrogen-bond acceptors (Lipinski definition) is 5. The highest BCUT2D eigenvalue weighted by Gasteiger charge is 2.21. The molecule has 0 spiro atoms. The minimum Gasteiger partial charge on any atom is -0.507 e. The van der Waals surface area contributed by atoms with Gasteiger partial charge in [0.15, 0.2) is 11.6 Å². The van der Waals surface area contributed by atoms with E-state index in [2.05, 4.69) is 0 Å². The second-order valence-electron chi connectivity index (χ2n) is 5.99. The SMILES string of the molecule is COc1cc(C(=O)CC(=O)c2ccccc2O)cc(OC)c1C(C)C. The van der Waals surface area contributed by atoms with Gasteiger partial charge in [-0.05, 0) is 30.2 Å². The molecule has 2 rings (SSSR count). The number of Topliss-reactive ketones (excluding diaryl/α,β-unsaturated/α-hetero) is 2. The Labute approximate surface area is 147 Å². The lowest BCUT2D eigenvalue weighted by atomic mass is 9.95. The normalized spacial score (nSPS) is 10.6. The molecule has 132 valence electrons. The molecule has 0 amide bonds. The Morgan fingerprint density at radius 2 is 1.56 bits per heavy atom. The van der Waals surface area contributed by atoms with E-state index in [4.69, 9.17) is 9.47 Å². The van der Waals surface area contributed by atoms with E-state index in [9.17, 15) is 14.7 Å². The maximum Gasteiger partial charge on any atom is 0.174 e. The fourth-order valence-electron chi connectivity index (χ4n) is 2.72. The van der Waals surface area contributed by atoms with Gasteiger partial charge < -0.3 is 14.6 Å². The monoisotopic (exact) mass is 342 g/mol. The summed E-state index contributed by atoms with van der Waals surface area (Å²) in [4.78, 5) is 24.8. The van der Waals surface area contributed by atoms with Crippen LogP contribution in [0.2, 0.25) is 0 Å². The van der Waals surface area contributed by atoms with E-state index in [1.54, 1.807) is 24.3 Å². The number of hydrogen-bond donors (Lipinski definition) is 1. The van der Waals surface area contributed by atoms with E-state index in [0.717, 1.165) is 5.56 Å². The Morgan fingerprint density at radius 1 is 1.00 bits per heavy atom. The van der Waals surface area contributed by atoms with Gasteiger partial charge in [0.2, 0.25) is 0 Å².